The van der Waals surface area contributed by atoms with Crippen LogP contribution in [0.5, 0.6) is 0 Å². The van der Waals surface area contributed by atoms with Crippen molar-refractivity contribution in [3.8, 4) is 11.5 Å². The van der Waals surface area contributed by atoms with E-state index in [0.717, 1.165) is 36.7 Å². The van der Waals surface area contributed by atoms with Gasteiger partial charge in [0.1, 0.15) is 11.8 Å². The number of fused-ring (bicyclic) bond motifs is 1. The molecule has 1 aromatic carbocycles. The molecule has 2 aromatic heterocycles. The van der Waals surface area contributed by atoms with E-state index in [-0.39, 0.29) is 12.2 Å². The van der Waals surface area contributed by atoms with E-state index in [9.17, 15) is 4.79 Å². The van der Waals surface area contributed by atoms with Gasteiger partial charge in [-0.3, -0.25) is 0 Å². The number of imidazole rings is 1. The van der Waals surface area contributed by atoms with Gasteiger partial charge in [0.25, 0.3) is 0 Å². The molecule has 0 N–H and O–H groups in total. The summed E-state index contributed by atoms with van der Waals surface area (Å²) in [6, 6.07) is 7.63. The Morgan fingerprint density at radius 1 is 1.15 bits per heavy atom. The summed E-state index contributed by atoms with van der Waals surface area (Å²) in [6.07, 6.45) is 7.10. The van der Waals surface area contributed by atoms with E-state index < -0.39 is 0 Å². The van der Waals surface area contributed by atoms with Crippen LogP contribution in [0.3, 0.4) is 0 Å². The average Bonchev–Trinajstić information content (AvgIpc) is 3.32. The molecule has 0 fully saturated rings. The molecule has 0 bridgehead atoms. The zero-order valence-electron chi connectivity index (χ0n) is 16.1. The van der Waals surface area contributed by atoms with Gasteiger partial charge in [-0.05, 0) is 31.4 Å². The summed E-state index contributed by atoms with van der Waals surface area (Å²) in [5.41, 5.74) is 3.97. The SMILES string of the molecule is CCCCCCC(CCC)OC(=O)n1c(-c2cscn2)nc2ccccc21. The average molecular weight is 386 g/mol. The van der Waals surface area contributed by atoms with Crippen LogP contribution in [0.4, 0.5) is 4.79 Å². The monoisotopic (exact) mass is 385 g/mol. The van der Waals surface area contributed by atoms with Crippen LogP contribution in [0.1, 0.15) is 58.8 Å². The van der Waals surface area contributed by atoms with Gasteiger partial charge in [0.15, 0.2) is 5.82 Å². The van der Waals surface area contributed by atoms with Crippen molar-refractivity contribution in [1.82, 2.24) is 14.5 Å². The summed E-state index contributed by atoms with van der Waals surface area (Å²) < 4.78 is 7.49. The maximum atomic E-state index is 13.1. The summed E-state index contributed by atoms with van der Waals surface area (Å²) in [5.74, 6) is 0.545. The highest BCUT2D eigenvalue weighted by Crippen LogP contribution is 2.26. The standard InChI is InChI=1S/C21H27N3O2S/c1-3-5-6-7-11-16(10-4-2)26-21(25)24-19-13-9-8-12-17(19)23-20(24)18-14-27-15-22-18/h8-9,12-16H,3-7,10-11H2,1-2H3. The second kappa shape index (κ2) is 9.65. The molecule has 0 aliphatic rings. The summed E-state index contributed by atoms with van der Waals surface area (Å²) in [7, 11) is 0. The largest absolute Gasteiger partial charge is 0.446 e. The topological polar surface area (TPSA) is 57.0 Å². The van der Waals surface area contributed by atoms with E-state index in [1.807, 2.05) is 29.6 Å². The third-order valence-corrected chi connectivity index (χ3v) is 5.25. The molecule has 2 heterocycles. The van der Waals surface area contributed by atoms with E-state index in [2.05, 4.69) is 23.8 Å². The molecule has 0 saturated heterocycles. The Balaban J connectivity index is 1.84. The van der Waals surface area contributed by atoms with Gasteiger partial charge in [-0.1, -0.05) is 51.7 Å². The Labute approximate surface area is 164 Å². The Kier molecular flexibility index (Phi) is 6.98. The van der Waals surface area contributed by atoms with Gasteiger partial charge in [-0.15, -0.1) is 11.3 Å². The number of ether oxygens (including phenoxy) is 1. The number of aromatic nitrogens is 3. The number of unbranched alkanes of at least 4 members (excludes halogenated alkanes) is 3. The zero-order valence-corrected chi connectivity index (χ0v) is 16.9. The van der Waals surface area contributed by atoms with Crippen molar-refractivity contribution < 1.29 is 9.53 Å². The van der Waals surface area contributed by atoms with Crippen molar-refractivity contribution in [2.75, 3.05) is 0 Å². The fourth-order valence-corrected chi connectivity index (χ4v) is 3.81. The number of rotatable bonds is 9. The van der Waals surface area contributed by atoms with Crippen LogP contribution in [0, 0.1) is 0 Å². The summed E-state index contributed by atoms with van der Waals surface area (Å²) in [4.78, 5) is 22.0. The first-order valence-electron chi connectivity index (χ1n) is 9.81. The Hall–Kier alpha value is -2.21. The lowest BCUT2D eigenvalue weighted by molar-refractivity contribution is 0.0876. The zero-order chi connectivity index (χ0) is 19.1. The number of thiazole rings is 1. The minimum absolute atomic E-state index is 0.0520. The quantitative estimate of drug-likeness (QED) is 0.407. The van der Waals surface area contributed by atoms with Crippen molar-refractivity contribution >= 4 is 28.5 Å². The molecular weight excluding hydrogens is 358 g/mol. The Bertz CT molecular complexity index is 858. The number of nitrogens with zero attached hydrogens (tertiary/aromatic N) is 3. The van der Waals surface area contributed by atoms with Crippen LogP contribution < -0.4 is 0 Å². The number of benzene rings is 1. The maximum absolute atomic E-state index is 13.1. The lowest BCUT2D eigenvalue weighted by Gasteiger charge is -2.18. The van der Waals surface area contributed by atoms with E-state index in [0.29, 0.717) is 11.5 Å². The number of carbonyl (C=O) groups excluding carboxylic acids is 1. The highest BCUT2D eigenvalue weighted by Gasteiger charge is 2.23. The molecule has 6 heteroatoms. The number of hydrogen-bond acceptors (Lipinski definition) is 5. The normalized spacial score (nSPS) is 12.4. The highest BCUT2D eigenvalue weighted by atomic mass is 32.1. The molecule has 27 heavy (non-hydrogen) atoms. The minimum atomic E-state index is -0.361. The first kappa shape index (κ1) is 19.5. The molecule has 1 atom stereocenters. The molecule has 1 unspecified atom stereocenters. The van der Waals surface area contributed by atoms with Crippen LogP contribution in [0.2, 0.25) is 0 Å². The Morgan fingerprint density at radius 2 is 2.00 bits per heavy atom. The van der Waals surface area contributed by atoms with Crippen molar-refractivity contribution in [2.24, 2.45) is 0 Å². The van der Waals surface area contributed by atoms with Crippen molar-refractivity contribution in [3.05, 3.63) is 35.2 Å². The predicted molar refractivity (Wildman–Crippen MR) is 110 cm³/mol. The molecule has 0 aliphatic heterocycles. The second-order valence-electron chi connectivity index (χ2n) is 6.78. The molecular formula is C21H27N3O2S. The first-order chi connectivity index (χ1) is 13.2. The van der Waals surface area contributed by atoms with Gasteiger partial charge >= 0.3 is 6.09 Å². The molecule has 0 spiro atoms. The van der Waals surface area contributed by atoms with Crippen LogP contribution in [-0.4, -0.2) is 26.7 Å². The van der Waals surface area contributed by atoms with Crippen molar-refractivity contribution in [2.45, 2.75) is 64.9 Å². The summed E-state index contributed by atoms with van der Waals surface area (Å²) >= 11 is 1.49. The fraction of sp³-hybridized carbons (Fsp3) is 0.476. The van der Waals surface area contributed by atoms with Gasteiger partial charge < -0.3 is 4.74 Å². The Morgan fingerprint density at radius 3 is 2.74 bits per heavy atom. The molecule has 3 aromatic rings. The third kappa shape index (κ3) is 4.75. The summed E-state index contributed by atoms with van der Waals surface area (Å²) in [6.45, 7) is 4.33. The molecule has 3 rings (SSSR count). The van der Waals surface area contributed by atoms with Gasteiger partial charge in [0, 0.05) is 5.38 Å². The first-order valence-corrected chi connectivity index (χ1v) is 10.8. The second-order valence-corrected chi connectivity index (χ2v) is 7.50. The van der Waals surface area contributed by atoms with Gasteiger partial charge in [-0.2, -0.15) is 0 Å². The predicted octanol–water partition coefficient (Wildman–Crippen LogP) is 6.28. The van der Waals surface area contributed by atoms with E-state index in [1.54, 1.807) is 10.1 Å². The third-order valence-electron chi connectivity index (χ3n) is 4.66. The van der Waals surface area contributed by atoms with E-state index in [1.165, 1.54) is 30.6 Å². The summed E-state index contributed by atoms with van der Waals surface area (Å²) in [5, 5.41) is 1.90. The van der Waals surface area contributed by atoms with Crippen LogP contribution >= 0.6 is 11.3 Å². The molecule has 0 aliphatic carbocycles. The minimum Gasteiger partial charge on any atom is -0.446 e. The van der Waals surface area contributed by atoms with Gasteiger partial charge in [-0.25, -0.2) is 19.3 Å². The van der Waals surface area contributed by atoms with Crippen LogP contribution in [0.25, 0.3) is 22.6 Å². The van der Waals surface area contributed by atoms with Crippen LogP contribution in [-0.2, 0) is 4.74 Å². The molecule has 0 amide bonds. The van der Waals surface area contributed by atoms with E-state index in [4.69, 9.17) is 4.74 Å². The lowest BCUT2D eigenvalue weighted by atomic mass is 10.1. The van der Waals surface area contributed by atoms with Crippen molar-refractivity contribution in [3.63, 3.8) is 0 Å². The van der Waals surface area contributed by atoms with Gasteiger partial charge in [0.05, 0.1) is 16.5 Å². The number of carbonyl (C=O) groups is 1. The maximum Gasteiger partial charge on any atom is 0.420 e. The fourth-order valence-electron chi connectivity index (χ4n) is 3.28. The molecule has 0 radical (unpaired) electrons. The van der Waals surface area contributed by atoms with Gasteiger partial charge in [0.2, 0.25) is 0 Å². The number of hydrogen-bond donors (Lipinski definition) is 0. The smallest absolute Gasteiger partial charge is 0.420 e. The molecule has 144 valence electrons. The van der Waals surface area contributed by atoms with E-state index >= 15 is 0 Å². The van der Waals surface area contributed by atoms with Crippen molar-refractivity contribution in [1.29, 1.82) is 0 Å². The number of para-hydroxylation sites is 2. The molecule has 5 nitrogen and oxygen atoms in total. The molecule has 0 saturated carbocycles. The van der Waals surface area contributed by atoms with Crippen LogP contribution in [0.15, 0.2) is 35.2 Å². The lowest BCUT2D eigenvalue weighted by Crippen LogP contribution is -2.23. The highest BCUT2D eigenvalue weighted by molar-refractivity contribution is 7.07.